The van der Waals surface area contributed by atoms with E-state index in [1.807, 2.05) is 12.1 Å². The van der Waals surface area contributed by atoms with Crippen molar-refractivity contribution < 1.29 is 9.90 Å². The molecule has 0 saturated heterocycles. The molecule has 0 aromatic carbocycles. The Balaban J connectivity index is 2.08. The second-order valence-corrected chi connectivity index (χ2v) is 3.39. The number of aryl methyl sites for hydroxylation is 1. The standard InChI is InChI=1S/C11H11N3O2/c15-10(16)4-3-8-6-13-11(14-7-8)9-2-1-5-12-9/h1-2,5-7,12H,3-4H2,(H,15,16). The molecule has 2 aromatic heterocycles. The molecule has 0 saturated carbocycles. The molecule has 0 radical (unpaired) electrons. The van der Waals surface area contributed by atoms with Crippen LogP contribution in [0.5, 0.6) is 0 Å². The topological polar surface area (TPSA) is 78.9 Å². The number of rotatable bonds is 4. The maximum Gasteiger partial charge on any atom is 0.303 e. The SMILES string of the molecule is O=C(O)CCc1cnc(-c2ccc[nH]2)nc1. The van der Waals surface area contributed by atoms with E-state index in [4.69, 9.17) is 5.11 Å². The van der Waals surface area contributed by atoms with E-state index in [2.05, 4.69) is 15.0 Å². The molecule has 0 atom stereocenters. The fourth-order valence-corrected chi connectivity index (χ4v) is 1.34. The highest BCUT2D eigenvalue weighted by Gasteiger charge is 2.03. The molecule has 5 heteroatoms. The zero-order chi connectivity index (χ0) is 11.4. The Bertz CT molecular complexity index is 462. The van der Waals surface area contributed by atoms with Crippen molar-refractivity contribution in [3.8, 4) is 11.5 Å². The summed E-state index contributed by atoms with van der Waals surface area (Å²) in [6.07, 6.45) is 5.68. The molecule has 2 aromatic rings. The minimum absolute atomic E-state index is 0.102. The van der Waals surface area contributed by atoms with Crippen LogP contribution in [-0.4, -0.2) is 26.0 Å². The summed E-state index contributed by atoms with van der Waals surface area (Å²) in [5.41, 5.74) is 1.68. The number of aliphatic carboxylic acids is 1. The van der Waals surface area contributed by atoms with Crippen molar-refractivity contribution in [3.05, 3.63) is 36.3 Å². The van der Waals surface area contributed by atoms with Gasteiger partial charge in [-0.05, 0) is 24.1 Å². The second-order valence-electron chi connectivity index (χ2n) is 3.39. The molecular formula is C11H11N3O2. The molecule has 0 fully saturated rings. The Morgan fingerprint density at radius 1 is 1.38 bits per heavy atom. The summed E-state index contributed by atoms with van der Waals surface area (Å²) in [7, 11) is 0. The van der Waals surface area contributed by atoms with Crippen LogP contribution in [-0.2, 0) is 11.2 Å². The van der Waals surface area contributed by atoms with Gasteiger partial charge in [0, 0.05) is 25.0 Å². The number of H-pyrrole nitrogens is 1. The first-order valence-corrected chi connectivity index (χ1v) is 4.92. The van der Waals surface area contributed by atoms with Crippen LogP contribution in [0, 0.1) is 0 Å². The van der Waals surface area contributed by atoms with Gasteiger partial charge in [-0.1, -0.05) is 0 Å². The summed E-state index contributed by atoms with van der Waals surface area (Å²) >= 11 is 0. The molecule has 2 N–H and O–H groups in total. The number of carbonyl (C=O) groups is 1. The molecule has 16 heavy (non-hydrogen) atoms. The Labute approximate surface area is 92.2 Å². The molecule has 82 valence electrons. The largest absolute Gasteiger partial charge is 0.481 e. The summed E-state index contributed by atoms with van der Waals surface area (Å²) in [5, 5.41) is 8.53. The summed E-state index contributed by atoms with van der Waals surface area (Å²) in [6.45, 7) is 0. The molecule has 0 amide bonds. The third kappa shape index (κ3) is 2.44. The van der Waals surface area contributed by atoms with Gasteiger partial charge in [0.05, 0.1) is 5.69 Å². The van der Waals surface area contributed by atoms with E-state index in [0.717, 1.165) is 11.3 Å². The summed E-state index contributed by atoms with van der Waals surface area (Å²) in [4.78, 5) is 21.7. The van der Waals surface area contributed by atoms with Crippen LogP contribution >= 0.6 is 0 Å². The van der Waals surface area contributed by atoms with Crippen LogP contribution in [0.1, 0.15) is 12.0 Å². The maximum absolute atomic E-state index is 10.4. The zero-order valence-corrected chi connectivity index (χ0v) is 8.55. The number of hydrogen-bond donors (Lipinski definition) is 2. The first kappa shape index (κ1) is 10.4. The van der Waals surface area contributed by atoms with E-state index in [0.29, 0.717) is 12.2 Å². The van der Waals surface area contributed by atoms with Gasteiger partial charge in [0.15, 0.2) is 5.82 Å². The number of nitrogens with zero attached hydrogens (tertiary/aromatic N) is 2. The lowest BCUT2D eigenvalue weighted by molar-refractivity contribution is -0.136. The molecule has 2 heterocycles. The molecule has 0 aliphatic carbocycles. The van der Waals surface area contributed by atoms with Crippen molar-refractivity contribution >= 4 is 5.97 Å². The van der Waals surface area contributed by atoms with E-state index in [1.165, 1.54) is 0 Å². The van der Waals surface area contributed by atoms with Gasteiger partial charge in [0.2, 0.25) is 0 Å². The molecule has 5 nitrogen and oxygen atoms in total. The number of aromatic nitrogens is 3. The molecule has 0 bridgehead atoms. The highest BCUT2D eigenvalue weighted by molar-refractivity contribution is 5.67. The number of aromatic amines is 1. The predicted octanol–water partition coefficient (Wildman–Crippen LogP) is 1.49. The smallest absolute Gasteiger partial charge is 0.303 e. The lowest BCUT2D eigenvalue weighted by Gasteiger charge is -1.99. The van der Waals surface area contributed by atoms with E-state index >= 15 is 0 Å². The third-order valence-corrected chi connectivity index (χ3v) is 2.17. The number of hydrogen-bond acceptors (Lipinski definition) is 3. The maximum atomic E-state index is 10.4. The van der Waals surface area contributed by atoms with Crippen LogP contribution in [0.15, 0.2) is 30.7 Å². The monoisotopic (exact) mass is 217 g/mol. The van der Waals surface area contributed by atoms with Gasteiger partial charge in [-0.2, -0.15) is 0 Å². The molecule has 0 unspecified atom stereocenters. The van der Waals surface area contributed by atoms with E-state index < -0.39 is 5.97 Å². The second kappa shape index (κ2) is 4.57. The van der Waals surface area contributed by atoms with E-state index in [-0.39, 0.29) is 6.42 Å². The summed E-state index contributed by atoms with van der Waals surface area (Å²) in [5.74, 6) is -0.197. The lowest BCUT2D eigenvalue weighted by atomic mass is 10.2. The van der Waals surface area contributed by atoms with Crippen LogP contribution in [0.3, 0.4) is 0 Å². The van der Waals surface area contributed by atoms with Gasteiger partial charge < -0.3 is 10.1 Å². The van der Waals surface area contributed by atoms with Crippen molar-refractivity contribution in [1.82, 2.24) is 15.0 Å². The Kier molecular flexibility index (Phi) is 2.95. The van der Waals surface area contributed by atoms with Crippen molar-refractivity contribution in [1.29, 1.82) is 0 Å². The molecule has 2 rings (SSSR count). The van der Waals surface area contributed by atoms with Gasteiger partial charge in [0.25, 0.3) is 0 Å². The van der Waals surface area contributed by atoms with Crippen molar-refractivity contribution in [2.75, 3.05) is 0 Å². The number of carboxylic acid groups (broad SMARTS) is 1. The first-order valence-electron chi connectivity index (χ1n) is 4.92. The minimum atomic E-state index is -0.812. The summed E-state index contributed by atoms with van der Waals surface area (Å²) in [6, 6.07) is 3.75. The van der Waals surface area contributed by atoms with Gasteiger partial charge in [0.1, 0.15) is 0 Å². The van der Waals surface area contributed by atoms with Crippen LogP contribution in [0.2, 0.25) is 0 Å². The average Bonchev–Trinajstić information content (AvgIpc) is 2.80. The van der Waals surface area contributed by atoms with E-state index in [9.17, 15) is 4.79 Å². The molecule has 0 spiro atoms. The van der Waals surface area contributed by atoms with Crippen molar-refractivity contribution in [2.24, 2.45) is 0 Å². The van der Waals surface area contributed by atoms with Gasteiger partial charge in [-0.15, -0.1) is 0 Å². The highest BCUT2D eigenvalue weighted by Crippen LogP contribution is 2.11. The highest BCUT2D eigenvalue weighted by atomic mass is 16.4. The zero-order valence-electron chi connectivity index (χ0n) is 8.55. The van der Waals surface area contributed by atoms with Crippen LogP contribution in [0.25, 0.3) is 11.5 Å². The summed E-state index contributed by atoms with van der Waals surface area (Å²) < 4.78 is 0. The Morgan fingerprint density at radius 2 is 2.12 bits per heavy atom. The molecular weight excluding hydrogens is 206 g/mol. The fraction of sp³-hybridized carbons (Fsp3) is 0.182. The van der Waals surface area contributed by atoms with Gasteiger partial charge in [-0.25, -0.2) is 9.97 Å². The quantitative estimate of drug-likeness (QED) is 0.813. The Hall–Kier alpha value is -2.17. The minimum Gasteiger partial charge on any atom is -0.481 e. The van der Waals surface area contributed by atoms with Gasteiger partial charge >= 0.3 is 5.97 Å². The van der Waals surface area contributed by atoms with E-state index in [1.54, 1.807) is 18.6 Å². The van der Waals surface area contributed by atoms with Crippen molar-refractivity contribution in [3.63, 3.8) is 0 Å². The number of nitrogens with one attached hydrogen (secondary N) is 1. The molecule has 0 aliphatic heterocycles. The fourth-order valence-electron chi connectivity index (χ4n) is 1.34. The first-order chi connectivity index (χ1) is 7.75. The van der Waals surface area contributed by atoms with Crippen LogP contribution in [0.4, 0.5) is 0 Å². The average molecular weight is 217 g/mol. The normalized spacial score (nSPS) is 10.2. The predicted molar refractivity (Wildman–Crippen MR) is 57.8 cm³/mol. The van der Waals surface area contributed by atoms with Gasteiger partial charge in [-0.3, -0.25) is 4.79 Å². The van der Waals surface area contributed by atoms with Crippen molar-refractivity contribution in [2.45, 2.75) is 12.8 Å². The Morgan fingerprint density at radius 3 is 2.69 bits per heavy atom. The lowest BCUT2D eigenvalue weighted by Crippen LogP contribution is -1.99. The number of carboxylic acids is 1. The molecule has 0 aliphatic rings. The third-order valence-electron chi connectivity index (χ3n) is 2.17. The van der Waals surface area contributed by atoms with Crippen LogP contribution < -0.4 is 0 Å².